The number of benzene rings is 1. The zero-order valence-corrected chi connectivity index (χ0v) is 12.9. The van der Waals surface area contributed by atoms with Crippen LogP contribution < -0.4 is 10.6 Å². The average Bonchev–Trinajstić information content (AvgIpc) is 2.89. The third-order valence-electron chi connectivity index (χ3n) is 3.13. The molecule has 0 saturated heterocycles. The Balaban J connectivity index is 2.40. The molecule has 0 saturated carbocycles. The van der Waals surface area contributed by atoms with E-state index in [1.54, 1.807) is 11.3 Å². The first-order valence-electron chi connectivity index (χ1n) is 6.30. The zero-order chi connectivity index (χ0) is 13.8. The Bertz CT molecular complexity index is 562. The number of nitrogens with two attached hydrogens (primary N) is 1. The Kier molecular flexibility index (Phi) is 4.56. The highest BCUT2D eigenvalue weighted by Crippen LogP contribution is 2.27. The molecule has 1 heterocycles. The van der Waals surface area contributed by atoms with Gasteiger partial charge >= 0.3 is 0 Å². The van der Waals surface area contributed by atoms with Gasteiger partial charge in [0.2, 0.25) is 0 Å². The van der Waals surface area contributed by atoms with Gasteiger partial charge in [0.15, 0.2) is 0 Å². The Hall–Kier alpha value is -1.39. The summed E-state index contributed by atoms with van der Waals surface area (Å²) in [6.45, 7) is 6.09. The van der Waals surface area contributed by atoms with Crippen LogP contribution in [0.5, 0.6) is 0 Å². The molecule has 0 amide bonds. The van der Waals surface area contributed by atoms with E-state index in [4.69, 9.17) is 18.0 Å². The van der Waals surface area contributed by atoms with E-state index in [9.17, 15) is 0 Å². The molecular weight excluding hydrogens is 272 g/mol. The quantitative estimate of drug-likeness (QED) is 0.851. The van der Waals surface area contributed by atoms with Crippen molar-refractivity contribution in [3.63, 3.8) is 0 Å². The topological polar surface area (TPSA) is 29.3 Å². The minimum atomic E-state index is 0.461. The number of nitrogens with zero attached hydrogens (tertiary/aromatic N) is 1. The highest BCUT2D eigenvalue weighted by atomic mass is 32.1. The number of aryl methyl sites for hydroxylation is 1. The van der Waals surface area contributed by atoms with Gasteiger partial charge in [0, 0.05) is 17.0 Å². The Morgan fingerprint density at radius 2 is 2.11 bits per heavy atom. The number of hydrogen-bond acceptors (Lipinski definition) is 3. The molecule has 0 aliphatic rings. The Morgan fingerprint density at radius 3 is 2.68 bits per heavy atom. The summed E-state index contributed by atoms with van der Waals surface area (Å²) in [5.41, 5.74) is 9.19. The van der Waals surface area contributed by atoms with Crippen molar-refractivity contribution in [1.29, 1.82) is 0 Å². The van der Waals surface area contributed by atoms with Gasteiger partial charge in [0.1, 0.15) is 4.99 Å². The summed E-state index contributed by atoms with van der Waals surface area (Å²) in [5, 5.41) is 2.11. The third kappa shape index (κ3) is 3.14. The maximum absolute atomic E-state index is 5.86. The Morgan fingerprint density at radius 1 is 1.32 bits per heavy atom. The number of rotatable bonds is 5. The van der Waals surface area contributed by atoms with Crippen molar-refractivity contribution in [3.05, 3.63) is 51.7 Å². The molecule has 0 fully saturated rings. The third-order valence-corrected chi connectivity index (χ3v) is 4.21. The summed E-state index contributed by atoms with van der Waals surface area (Å²) in [6, 6.07) is 10.4. The highest BCUT2D eigenvalue weighted by molar-refractivity contribution is 7.80. The van der Waals surface area contributed by atoms with Crippen LogP contribution in [0.1, 0.15) is 22.9 Å². The number of hydrogen-bond donors (Lipinski definition) is 1. The van der Waals surface area contributed by atoms with E-state index >= 15 is 0 Å². The van der Waals surface area contributed by atoms with Crippen LogP contribution in [0.15, 0.2) is 35.7 Å². The van der Waals surface area contributed by atoms with Crippen molar-refractivity contribution in [2.24, 2.45) is 5.73 Å². The second-order valence-corrected chi connectivity index (χ2v) is 5.90. The SMILES string of the molecule is CCN(Cc1cccs1)c1c(C)cccc1C(N)=S. The van der Waals surface area contributed by atoms with Crippen LogP contribution in [0.3, 0.4) is 0 Å². The fourth-order valence-electron chi connectivity index (χ4n) is 2.22. The van der Waals surface area contributed by atoms with Crippen molar-refractivity contribution in [1.82, 2.24) is 0 Å². The van der Waals surface area contributed by atoms with Gasteiger partial charge in [-0.3, -0.25) is 0 Å². The van der Waals surface area contributed by atoms with E-state index in [0.717, 1.165) is 24.3 Å². The molecule has 0 spiro atoms. The van der Waals surface area contributed by atoms with Crippen molar-refractivity contribution < 1.29 is 0 Å². The predicted molar refractivity (Wildman–Crippen MR) is 88.1 cm³/mol. The molecular formula is C15H18N2S2. The molecule has 100 valence electrons. The molecule has 0 aliphatic carbocycles. The van der Waals surface area contributed by atoms with Gasteiger partial charge in [0.05, 0.1) is 12.2 Å². The van der Waals surface area contributed by atoms with Gasteiger partial charge in [0.25, 0.3) is 0 Å². The van der Waals surface area contributed by atoms with Gasteiger partial charge in [-0.1, -0.05) is 30.4 Å². The molecule has 2 N–H and O–H groups in total. The van der Waals surface area contributed by atoms with Gasteiger partial charge in [-0.2, -0.15) is 0 Å². The van der Waals surface area contributed by atoms with Crippen LogP contribution in [0.25, 0.3) is 0 Å². The maximum atomic E-state index is 5.86. The minimum Gasteiger partial charge on any atom is -0.389 e. The van der Waals surface area contributed by atoms with E-state index in [-0.39, 0.29) is 0 Å². The summed E-state index contributed by atoms with van der Waals surface area (Å²) < 4.78 is 0. The molecule has 0 aliphatic heterocycles. The van der Waals surface area contributed by atoms with Gasteiger partial charge in [-0.25, -0.2) is 0 Å². The van der Waals surface area contributed by atoms with E-state index < -0.39 is 0 Å². The molecule has 0 atom stereocenters. The largest absolute Gasteiger partial charge is 0.389 e. The molecule has 0 unspecified atom stereocenters. The molecule has 2 nitrogen and oxygen atoms in total. The molecule has 1 aromatic carbocycles. The lowest BCUT2D eigenvalue weighted by molar-refractivity contribution is 0.837. The number of thiophene rings is 1. The molecule has 19 heavy (non-hydrogen) atoms. The fourth-order valence-corrected chi connectivity index (χ4v) is 3.10. The first kappa shape index (κ1) is 14.0. The van der Waals surface area contributed by atoms with Crippen molar-refractivity contribution >= 4 is 34.2 Å². The minimum absolute atomic E-state index is 0.461. The van der Waals surface area contributed by atoms with Gasteiger partial charge in [-0.15, -0.1) is 11.3 Å². The van der Waals surface area contributed by atoms with Crippen molar-refractivity contribution in [2.75, 3.05) is 11.4 Å². The molecule has 0 radical (unpaired) electrons. The molecule has 4 heteroatoms. The van der Waals surface area contributed by atoms with Crippen LogP contribution in [0.2, 0.25) is 0 Å². The van der Waals surface area contributed by atoms with Crippen molar-refractivity contribution in [3.8, 4) is 0 Å². The highest BCUT2D eigenvalue weighted by Gasteiger charge is 2.14. The zero-order valence-electron chi connectivity index (χ0n) is 11.2. The second-order valence-electron chi connectivity index (χ2n) is 4.43. The van der Waals surface area contributed by atoms with Crippen LogP contribution >= 0.6 is 23.6 Å². The normalized spacial score (nSPS) is 10.4. The lowest BCUT2D eigenvalue weighted by Crippen LogP contribution is -2.26. The maximum Gasteiger partial charge on any atom is 0.106 e. The standard InChI is InChI=1S/C15H18N2S2/c1-3-17(10-12-7-5-9-19-12)14-11(2)6-4-8-13(14)15(16)18/h4-9H,3,10H2,1-2H3,(H2,16,18). The first-order chi connectivity index (χ1) is 9.13. The molecule has 2 rings (SSSR count). The van der Waals surface area contributed by atoms with Crippen LogP contribution in [-0.2, 0) is 6.54 Å². The molecule has 2 aromatic rings. The lowest BCUT2D eigenvalue weighted by atomic mass is 10.1. The monoisotopic (exact) mass is 290 g/mol. The van der Waals surface area contributed by atoms with E-state index in [1.807, 2.05) is 12.1 Å². The van der Waals surface area contributed by atoms with Crippen LogP contribution in [0.4, 0.5) is 5.69 Å². The van der Waals surface area contributed by atoms with E-state index in [0.29, 0.717) is 4.99 Å². The summed E-state index contributed by atoms with van der Waals surface area (Å²) in [4.78, 5) is 4.14. The smallest absolute Gasteiger partial charge is 0.106 e. The summed E-state index contributed by atoms with van der Waals surface area (Å²) >= 11 is 6.95. The van der Waals surface area contributed by atoms with Gasteiger partial charge < -0.3 is 10.6 Å². The van der Waals surface area contributed by atoms with E-state index in [2.05, 4.69) is 42.3 Å². The number of thiocarbonyl (C=S) groups is 1. The number of para-hydroxylation sites is 1. The first-order valence-corrected chi connectivity index (χ1v) is 7.59. The predicted octanol–water partition coefficient (Wildman–Crippen LogP) is 3.72. The number of anilines is 1. The summed E-state index contributed by atoms with van der Waals surface area (Å²) in [7, 11) is 0. The van der Waals surface area contributed by atoms with Crippen LogP contribution in [0, 0.1) is 6.92 Å². The Labute approximate surface area is 123 Å². The second kappa shape index (κ2) is 6.17. The van der Waals surface area contributed by atoms with Crippen LogP contribution in [-0.4, -0.2) is 11.5 Å². The van der Waals surface area contributed by atoms with Gasteiger partial charge in [-0.05, 0) is 36.9 Å². The molecule has 1 aromatic heterocycles. The van der Waals surface area contributed by atoms with Crippen molar-refractivity contribution in [2.45, 2.75) is 20.4 Å². The average molecular weight is 290 g/mol. The summed E-state index contributed by atoms with van der Waals surface area (Å²) in [6.07, 6.45) is 0. The lowest BCUT2D eigenvalue weighted by Gasteiger charge is -2.27. The fraction of sp³-hybridized carbons (Fsp3) is 0.267. The summed E-state index contributed by atoms with van der Waals surface area (Å²) in [5.74, 6) is 0. The molecule has 0 bridgehead atoms. The van der Waals surface area contributed by atoms with E-state index in [1.165, 1.54) is 10.4 Å².